The van der Waals surface area contributed by atoms with E-state index in [0.29, 0.717) is 4.47 Å². The summed E-state index contributed by atoms with van der Waals surface area (Å²) in [6, 6.07) is 8.74. The molecular weight excluding hydrogens is 375 g/mol. The lowest BCUT2D eigenvalue weighted by atomic mass is 9.95. The Bertz CT molecular complexity index is 626. The van der Waals surface area contributed by atoms with E-state index >= 15 is 0 Å². The molecule has 19 heavy (non-hydrogen) atoms. The summed E-state index contributed by atoms with van der Waals surface area (Å²) in [5.41, 5.74) is 2.93. The SMILES string of the molecule is Cc1cc(C(O)c2cccc(Br)c2F)c(C)cc1Br. The quantitative estimate of drug-likeness (QED) is 0.764. The summed E-state index contributed by atoms with van der Waals surface area (Å²) in [6.07, 6.45) is -0.968. The molecule has 1 unspecified atom stereocenters. The molecule has 2 aromatic rings. The number of aliphatic hydroxyl groups is 1. The van der Waals surface area contributed by atoms with Crippen molar-refractivity contribution in [2.45, 2.75) is 20.0 Å². The van der Waals surface area contributed by atoms with Crippen LogP contribution in [0.2, 0.25) is 0 Å². The van der Waals surface area contributed by atoms with Crippen LogP contribution in [0, 0.1) is 19.7 Å². The summed E-state index contributed by atoms with van der Waals surface area (Å²) in [5.74, 6) is -0.421. The lowest BCUT2D eigenvalue weighted by molar-refractivity contribution is 0.214. The summed E-state index contributed by atoms with van der Waals surface area (Å²) in [4.78, 5) is 0. The van der Waals surface area contributed by atoms with Crippen LogP contribution in [0.1, 0.15) is 28.4 Å². The molecule has 0 aromatic heterocycles. The van der Waals surface area contributed by atoms with Crippen LogP contribution in [0.5, 0.6) is 0 Å². The second-order valence-corrected chi connectivity index (χ2v) is 6.21. The zero-order valence-electron chi connectivity index (χ0n) is 10.5. The molecule has 4 heteroatoms. The number of aryl methyl sites for hydroxylation is 2. The van der Waals surface area contributed by atoms with Crippen molar-refractivity contribution < 1.29 is 9.50 Å². The molecule has 0 spiro atoms. The van der Waals surface area contributed by atoms with Crippen molar-refractivity contribution in [3.63, 3.8) is 0 Å². The average molecular weight is 388 g/mol. The van der Waals surface area contributed by atoms with Crippen LogP contribution in [0.15, 0.2) is 39.3 Å². The van der Waals surface area contributed by atoms with Gasteiger partial charge in [0.1, 0.15) is 11.9 Å². The molecule has 2 aromatic carbocycles. The van der Waals surface area contributed by atoms with Gasteiger partial charge in [0.05, 0.1) is 4.47 Å². The van der Waals surface area contributed by atoms with E-state index in [2.05, 4.69) is 31.9 Å². The highest BCUT2D eigenvalue weighted by atomic mass is 79.9. The molecular formula is C15H13Br2FO. The minimum atomic E-state index is -0.968. The normalized spacial score (nSPS) is 12.5. The van der Waals surface area contributed by atoms with Crippen LogP contribution < -0.4 is 0 Å². The Morgan fingerprint density at radius 3 is 2.37 bits per heavy atom. The molecule has 1 N–H and O–H groups in total. The van der Waals surface area contributed by atoms with Crippen LogP contribution in [0.4, 0.5) is 4.39 Å². The van der Waals surface area contributed by atoms with Gasteiger partial charge in [-0.2, -0.15) is 0 Å². The monoisotopic (exact) mass is 386 g/mol. The maximum atomic E-state index is 14.0. The van der Waals surface area contributed by atoms with E-state index in [1.807, 2.05) is 26.0 Å². The first kappa shape index (κ1) is 14.7. The molecule has 2 rings (SSSR count). The van der Waals surface area contributed by atoms with Gasteiger partial charge in [-0.15, -0.1) is 0 Å². The van der Waals surface area contributed by atoms with Crippen molar-refractivity contribution in [1.29, 1.82) is 0 Å². The van der Waals surface area contributed by atoms with E-state index in [-0.39, 0.29) is 5.56 Å². The topological polar surface area (TPSA) is 20.2 Å². The van der Waals surface area contributed by atoms with Crippen molar-refractivity contribution in [2.75, 3.05) is 0 Å². The van der Waals surface area contributed by atoms with E-state index in [1.54, 1.807) is 18.2 Å². The van der Waals surface area contributed by atoms with Gasteiger partial charge < -0.3 is 5.11 Å². The second-order valence-electron chi connectivity index (χ2n) is 4.50. The molecule has 0 saturated carbocycles. The number of halogens is 3. The van der Waals surface area contributed by atoms with Gasteiger partial charge in [0, 0.05) is 10.0 Å². The lowest BCUT2D eigenvalue weighted by Gasteiger charge is -2.17. The van der Waals surface area contributed by atoms with Crippen LogP contribution in [-0.4, -0.2) is 5.11 Å². The van der Waals surface area contributed by atoms with Crippen LogP contribution in [0.3, 0.4) is 0 Å². The van der Waals surface area contributed by atoms with E-state index in [0.717, 1.165) is 21.2 Å². The van der Waals surface area contributed by atoms with Crippen LogP contribution >= 0.6 is 31.9 Å². The van der Waals surface area contributed by atoms with Gasteiger partial charge in [-0.3, -0.25) is 0 Å². The third-order valence-corrected chi connectivity index (χ3v) is 4.58. The Labute approximate surface area is 128 Å². The molecule has 1 nitrogen and oxygen atoms in total. The number of rotatable bonds is 2. The average Bonchev–Trinajstić information content (AvgIpc) is 2.36. The van der Waals surface area contributed by atoms with Crippen molar-refractivity contribution in [1.82, 2.24) is 0 Å². The van der Waals surface area contributed by atoms with Crippen molar-refractivity contribution >= 4 is 31.9 Å². The van der Waals surface area contributed by atoms with Gasteiger partial charge in [-0.25, -0.2) is 4.39 Å². The fourth-order valence-electron chi connectivity index (χ4n) is 2.00. The van der Waals surface area contributed by atoms with Gasteiger partial charge in [-0.1, -0.05) is 34.1 Å². The van der Waals surface area contributed by atoms with Gasteiger partial charge in [-0.05, 0) is 58.6 Å². The molecule has 0 aliphatic rings. The third kappa shape index (κ3) is 2.91. The highest BCUT2D eigenvalue weighted by Crippen LogP contribution is 2.32. The van der Waals surface area contributed by atoms with Crippen molar-refractivity contribution in [3.05, 3.63) is 67.3 Å². The summed E-state index contributed by atoms with van der Waals surface area (Å²) in [5, 5.41) is 10.4. The molecule has 0 amide bonds. The van der Waals surface area contributed by atoms with Crippen molar-refractivity contribution in [2.24, 2.45) is 0 Å². The zero-order valence-corrected chi connectivity index (χ0v) is 13.7. The van der Waals surface area contributed by atoms with Gasteiger partial charge in [0.2, 0.25) is 0 Å². The van der Waals surface area contributed by atoms with Crippen molar-refractivity contribution in [3.8, 4) is 0 Å². The second kappa shape index (κ2) is 5.73. The predicted molar refractivity (Wildman–Crippen MR) is 81.8 cm³/mol. The standard InChI is InChI=1S/C15H13Br2FO/c1-8-7-13(17)9(2)6-11(8)15(19)10-4-3-5-12(16)14(10)18/h3-7,15,19H,1-2H3. The third-order valence-electron chi connectivity index (χ3n) is 3.12. The predicted octanol–water partition coefficient (Wildman–Crippen LogP) is 5.05. The molecule has 1 atom stereocenters. The first-order valence-corrected chi connectivity index (χ1v) is 7.39. The van der Waals surface area contributed by atoms with Gasteiger partial charge in [0.25, 0.3) is 0 Å². The Hall–Kier alpha value is -0.710. The van der Waals surface area contributed by atoms with E-state index in [1.165, 1.54) is 0 Å². The Morgan fingerprint density at radius 1 is 1.00 bits per heavy atom. The summed E-state index contributed by atoms with van der Waals surface area (Å²) >= 11 is 6.59. The number of benzene rings is 2. The van der Waals surface area contributed by atoms with E-state index < -0.39 is 11.9 Å². The first-order valence-electron chi connectivity index (χ1n) is 5.80. The number of hydrogen-bond acceptors (Lipinski definition) is 1. The number of aliphatic hydroxyl groups excluding tert-OH is 1. The van der Waals surface area contributed by atoms with Crippen LogP contribution in [0.25, 0.3) is 0 Å². The zero-order chi connectivity index (χ0) is 14.2. The summed E-state index contributed by atoms with van der Waals surface area (Å²) in [7, 11) is 0. The Balaban J connectivity index is 2.53. The van der Waals surface area contributed by atoms with Gasteiger partial charge in [0.15, 0.2) is 0 Å². The fraction of sp³-hybridized carbons (Fsp3) is 0.200. The summed E-state index contributed by atoms with van der Waals surface area (Å²) in [6.45, 7) is 3.84. The minimum Gasteiger partial charge on any atom is -0.384 e. The highest BCUT2D eigenvalue weighted by molar-refractivity contribution is 9.10. The van der Waals surface area contributed by atoms with E-state index in [4.69, 9.17) is 0 Å². The maximum Gasteiger partial charge on any atom is 0.143 e. The molecule has 0 saturated heterocycles. The fourth-order valence-corrected chi connectivity index (χ4v) is 2.84. The molecule has 0 radical (unpaired) electrons. The first-order chi connectivity index (χ1) is 8.91. The molecule has 0 heterocycles. The largest absolute Gasteiger partial charge is 0.384 e. The molecule has 100 valence electrons. The van der Waals surface area contributed by atoms with E-state index in [9.17, 15) is 9.50 Å². The Kier molecular flexibility index (Phi) is 4.43. The number of hydrogen-bond donors (Lipinski definition) is 1. The van der Waals surface area contributed by atoms with Crippen LogP contribution in [-0.2, 0) is 0 Å². The Morgan fingerprint density at radius 2 is 1.68 bits per heavy atom. The molecule has 0 bridgehead atoms. The minimum absolute atomic E-state index is 0.277. The highest BCUT2D eigenvalue weighted by Gasteiger charge is 2.19. The summed E-state index contributed by atoms with van der Waals surface area (Å²) < 4.78 is 15.4. The lowest BCUT2D eigenvalue weighted by Crippen LogP contribution is -2.05. The maximum absolute atomic E-state index is 14.0. The molecule has 0 fully saturated rings. The molecule has 0 aliphatic carbocycles. The smallest absolute Gasteiger partial charge is 0.143 e. The molecule has 0 aliphatic heterocycles. The van der Waals surface area contributed by atoms with Gasteiger partial charge >= 0.3 is 0 Å².